The van der Waals surface area contributed by atoms with Crippen LogP contribution in [0.2, 0.25) is 5.02 Å². The molecule has 138 valence electrons. The first-order chi connectivity index (χ1) is 12.3. The summed E-state index contributed by atoms with van der Waals surface area (Å²) in [4.78, 5) is 24.2. The molecule has 26 heavy (non-hydrogen) atoms. The van der Waals surface area contributed by atoms with Crippen molar-refractivity contribution in [2.45, 2.75) is 19.8 Å². The quantitative estimate of drug-likeness (QED) is 0.747. The predicted molar refractivity (Wildman–Crippen MR) is 95.0 cm³/mol. The second kappa shape index (κ2) is 8.76. The average molecular weight is 382 g/mol. The highest BCUT2D eigenvalue weighted by molar-refractivity contribution is 6.30. The van der Waals surface area contributed by atoms with E-state index in [0.29, 0.717) is 10.6 Å². The normalized spacial score (nSPS) is 11.9. The summed E-state index contributed by atoms with van der Waals surface area (Å²) in [7, 11) is 0. The Hall–Kier alpha value is -2.47. The number of benzene rings is 2. The maximum Gasteiger partial charge on any atom is 0.314 e. The van der Waals surface area contributed by atoms with E-state index >= 15 is 0 Å². The summed E-state index contributed by atoms with van der Waals surface area (Å²) < 4.78 is 32.1. The van der Waals surface area contributed by atoms with Crippen molar-refractivity contribution in [3.8, 4) is 0 Å². The summed E-state index contributed by atoms with van der Waals surface area (Å²) in [6.07, 6.45) is 0. The number of esters is 1. The fraction of sp³-hybridized carbons (Fsp3) is 0.263. The van der Waals surface area contributed by atoms with Gasteiger partial charge in [-0.3, -0.25) is 9.59 Å². The standard InChI is InChI=1S/C19H18ClF2NO3/c1-11(2)17(12-6-8-13(20)9-7-12)19(25)26-10-16(24)23-18-14(21)4-3-5-15(18)22/h3-9,11,17H,10H2,1-2H3,(H,23,24)/t17-/m1/s1. The zero-order chi connectivity index (χ0) is 19.3. The van der Waals surface area contributed by atoms with Crippen molar-refractivity contribution in [2.24, 2.45) is 5.92 Å². The molecule has 2 aromatic carbocycles. The number of nitrogens with one attached hydrogen (secondary N) is 1. The van der Waals surface area contributed by atoms with Crippen LogP contribution in [0.25, 0.3) is 0 Å². The molecule has 0 saturated heterocycles. The van der Waals surface area contributed by atoms with Gasteiger partial charge in [0.1, 0.15) is 17.3 Å². The molecule has 1 N–H and O–H groups in total. The fourth-order valence-electron chi connectivity index (χ4n) is 2.48. The maximum absolute atomic E-state index is 13.5. The summed E-state index contributed by atoms with van der Waals surface area (Å²) in [6, 6.07) is 9.95. The summed E-state index contributed by atoms with van der Waals surface area (Å²) >= 11 is 5.85. The Kier molecular flexibility index (Phi) is 6.69. The Morgan fingerprint density at radius 2 is 1.65 bits per heavy atom. The number of hydrogen-bond donors (Lipinski definition) is 1. The molecule has 1 amide bonds. The Bertz CT molecular complexity index is 774. The third kappa shape index (κ3) is 5.02. The van der Waals surface area contributed by atoms with Gasteiger partial charge in [0.25, 0.3) is 5.91 Å². The molecule has 0 aliphatic carbocycles. The maximum atomic E-state index is 13.5. The van der Waals surface area contributed by atoms with Crippen LogP contribution in [-0.2, 0) is 14.3 Å². The highest BCUT2D eigenvalue weighted by Gasteiger charge is 2.26. The number of rotatable bonds is 6. The summed E-state index contributed by atoms with van der Waals surface area (Å²) in [5.74, 6) is -3.94. The van der Waals surface area contributed by atoms with E-state index in [0.717, 1.165) is 12.1 Å². The van der Waals surface area contributed by atoms with Crippen molar-refractivity contribution in [1.29, 1.82) is 0 Å². The molecule has 0 radical (unpaired) electrons. The molecule has 0 saturated carbocycles. The monoisotopic (exact) mass is 381 g/mol. The van der Waals surface area contributed by atoms with Gasteiger partial charge in [0.2, 0.25) is 0 Å². The van der Waals surface area contributed by atoms with Crippen molar-refractivity contribution < 1.29 is 23.1 Å². The summed E-state index contributed by atoms with van der Waals surface area (Å²) in [6.45, 7) is 3.04. The van der Waals surface area contributed by atoms with Crippen molar-refractivity contribution in [3.63, 3.8) is 0 Å². The molecule has 2 rings (SSSR count). The molecule has 2 aromatic rings. The lowest BCUT2D eigenvalue weighted by atomic mass is 9.88. The van der Waals surface area contributed by atoms with Crippen LogP contribution in [0.4, 0.5) is 14.5 Å². The topological polar surface area (TPSA) is 55.4 Å². The molecule has 7 heteroatoms. The smallest absolute Gasteiger partial charge is 0.314 e. The van der Waals surface area contributed by atoms with Crippen molar-refractivity contribution in [2.75, 3.05) is 11.9 Å². The zero-order valence-electron chi connectivity index (χ0n) is 14.3. The van der Waals surface area contributed by atoms with E-state index < -0.39 is 41.7 Å². The van der Waals surface area contributed by atoms with Gasteiger partial charge in [-0.1, -0.05) is 43.6 Å². The number of para-hydroxylation sites is 1. The lowest BCUT2D eigenvalue weighted by Gasteiger charge is -2.20. The first kappa shape index (κ1) is 19.8. The molecule has 0 bridgehead atoms. The van der Waals surface area contributed by atoms with Gasteiger partial charge in [0, 0.05) is 5.02 Å². The molecule has 0 spiro atoms. The molecule has 4 nitrogen and oxygen atoms in total. The van der Waals surface area contributed by atoms with Crippen LogP contribution in [-0.4, -0.2) is 18.5 Å². The van der Waals surface area contributed by atoms with Gasteiger partial charge < -0.3 is 10.1 Å². The number of anilines is 1. The van der Waals surface area contributed by atoms with Gasteiger partial charge in [0.05, 0.1) is 5.92 Å². The Morgan fingerprint density at radius 1 is 1.08 bits per heavy atom. The fourth-order valence-corrected chi connectivity index (χ4v) is 2.61. The lowest BCUT2D eigenvalue weighted by Crippen LogP contribution is -2.26. The number of carbonyl (C=O) groups excluding carboxylic acids is 2. The van der Waals surface area contributed by atoms with E-state index in [1.54, 1.807) is 24.3 Å². The first-order valence-electron chi connectivity index (χ1n) is 7.95. The van der Waals surface area contributed by atoms with Crippen LogP contribution in [0.15, 0.2) is 42.5 Å². The van der Waals surface area contributed by atoms with E-state index in [1.165, 1.54) is 6.07 Å². The SMILES string of the molecule is CC(C)[C@@H](C(=O)OCC(=O)Nc1c(F)cccc1F)c1ccc(Cl)cc1. The Balaban J connectivity index is 2.01. The van der Waals surface area contributed by atoms with Crippen molar-refractivity contribution >= 4 is 29.2 Å². The van der Waals surface area contributed by atoms with Gasteiger partial charge in [-0.2, -0.15) is 0 Å². The molecule has 0 aliphatic rings. The van der Waals surface area contributed by atoms with Crippen LogP contribution in [0.1, 0.15) is 25.3 Å². The third-order valence-corrected chi connectivity index (χ3v) is 3.97. The number of carbonyl (C=O) groups is 2. The minimum Gasteiger partial charge on any atom is -0.455 e. The minimum absolute atomic E-state index is 0.0873. The minimum atomic E-state index is -0.911. The Labute approximate surface area is 155 Å². The van der Waals surface area contributed by atoms with Gasteiger partial charge in [-0.15, -0.1) is 0 Å². The summed E-state index contributed by atoms with van der Waals surface area (Å²) in [5, 5.41) is 2.60. The van der Waals surface area contributed by atoms with E-state index in [2.05, 4.69) is 5.32 Å². The highest BCUT2D eigenvalue weighted by Crippen LogP contribution is 2.27. The first-order valence-corrected chi connectivity index (χ1v) is 8.33. The number of hydrogen-bond acceptors (Lipinski definition) is 3. The molecule has 0 unspecified atom stereocenters. The highest BCUT2D eigenvalue weighted by atomic mass is 35.5. The molecule has 0 aliphatic heterocycles. The van der Waals surface area contributed by atoms with Crippen LogP contribution >= 0.6 is 11.6 Å². The van der Waals surface area contributed by atoms with Crippen molar-refractivity contribution in [3.05, 3.63) is 64.7 Å². The van der Waals surface area contributed by atoms with Crippen molar-refractivity contribution in [1.82, 2.24) is 0 Å². The number of halogens is 3. The molecule has 0 aromatic heterocycles. The zero-order valence-corrected chi connectivity index (χ0v) is 15.0. The van der Waals surface area contributed by atoms with Gasteiger partial charge in [-0.05, 0) is 35.7 Å². The van der Waals surface area contributed by atoms with Gasteiger partial charge >= 0.3 is 5.97 Å². The largest absolute Gasteiger partial charge is 0.455 e. The van der Waals surface area contributed by atoms with Gasteiger partial charge in [-0.25, -0.2) is 8.78 Å². The van der Waals surface area contributed by atoms with E-state index in [4.69, 9.17) is 16.3 Å². The van der Waals surface area contributed by atoms with E-state index in [-0.39, 0.29) is 5.92 Å². The molecule has 1 atom stereocenters. The van der Waals surface area contributed by atoms with E-state index in [1.807, 2.05) is 13.8 Å². The van der Waals surface area contributed by atoms with Crippen LogP contribution in [0.5, 0.6) is 0 Å². The number of ether oxygens (including phenoxy) is 1. The van der Waals surface area contributed by atoms with Crippen LogP contribution in [0, 0.1) is 17.6 Å². The molecule has 0 fully saturated rings. The van der Waals surface area contributed by atoms with Crippen LogP contribution in [0.3, 0.4) is 0 Å². The summed E-state index contributed by atoms with van der Waals surface area (Å²) in [5.41, 5.74) is 0.126. The molecular formula is C19H18ClF2NO3. The predicted octanol–water partition coefficient (Wildman–Crippen LogP) is 4.54. The Morgan fingerprint density at radius 3 is 2.19 bits per heavy atom. The van der Waals surface area contributed by atoms with E-state index in [9.17, 15) is 18.4 Å². The van der Waals surface area contributed by atoms with Gasteiger partial charge in [0.15, 0.2) is 6.61 Å². The second-order valence-corrected chi connectivity index (χ2v) is 6.46. The third-order valence-electron chi connectivity index (χ3n) is 3.72. The second-order valence-electron chi connectivity index (χ2n) is 6.03. The van der Waals surface area contributed by atoms with Crippen LogP contribution < -0.4 is 5.32 Å². The molecular weight excluding hydrogens is 364 g/mol. The molecule has 0 heterocycles. The lowest BCUT2D eigenvalue weighted by molar-refractivity contribution is -0.149. The number of amides is 1. The average Bonchev–Trinajstić information content (AvgIpc) is 2.58.